The summed E-state index contributed by atoms with van der Waals surface area (Å²) in [4.78, 5) is 27.3. The van der Waals surface area contributed by atoms with Gasteiger partial charge in [-0.1, -0.05) is 0 Å². The van der Waals surface area contributed by atoms with Crippen molar-refractivity contribution >= 4 is 12.2 Å². The van der Waals surface area contributed by atoms with E-state index in [-0.39, 0.29) is 11.8 Å². The first-order valence-corrected chi connectivity index (χ1v) is 8.00. The Kier molecular flexibility index (Phi) is 4.94. The fourth-order valence-corrected chi connectivity index (χ4v) is 2.74. The Hall–Kier alpha value is -2.32. The molecule has 9 nitrogen and oxygen atoms in total. The highest BCUT2D eigenvalue weighted by atomic mass is 16.7. The molecule has 9 heteroatoms. The van der Waals surface area contributed by atoms with Crippen LogP contribution in [-0.4, -0.2) is 58.5 Å². The van der Waals surface area contributed by atoms with Gasteiger partial charge in [-0.25, -0.2) is 14.2 Å². The fraction of sp³-hybridized carbons (Fsp3) is 0.714. The predicted octanol–water partition coefficient (Wildman–Crippen LogP) is 2.04. The number of carbonyl (C=O) groups is 2. The van der Waals surface area contributed by atoms with Gasteiger partial charge in [-0.3, -0.25) is 0 Å². The van der Waals surface area contributed by atoms with Gasteiger partial charge in [0, 0.05) is 26.2 Å². The summed E-state index contributed by atoms with van der Waals surface area (Å²) in [6.07, 6.45) is 4.94. The van der Waals surface area contributed by atoms with Crippen molar-refractivity contribution in [3.63, 3.8) is 0 Å². The van der Waals surface area contributed by atoms with E-state index >= 15 is 0 Å². The van der Waals surface area contributed by atoms with Crippen LogP contribution in [0.1, 0.15) is 38.5 Å². The molecule has 0 saturated carbocycles. The molecule has 0 radical (unpaired) electrons. The van der Waals surface area contributed by atoms with E-state index in [4.69, 9.17) is 9.47 Å². The lowest BCUT2D eigenvalue weighted by Gasteiger charge is -2.25. The van der Waals surface area contributed by atoms with Gasteiger partial charge in [0.05, 0.1) is 0 Å². The number of amides is 2. The molecule has 3 heterocycles. The molecule has 0 spiro atoms. The second-order valence-electron chi connectivity index (χ2n) is 5.71. The number of rotatable bonds is 2. The van der Waals surface area contributed by atoms with Crippen LogP contribution in [0.2, 0.25) is 0 Å². The van der Waals surface area contributed by atoms with Gasteiger partial charge < -0.3 is 19.3 Å². The van der Waals surface area contributed by atoms with Crippen LogP contribution in [0.25, 0.3) is 0 Å². The maximum atomic E-state index is 12.0. The lowest BCUT2D eigenvalue weighted by molar-refractivity contribution is 0.130. The molecule has 2 fully saturated rings. The number of carbonyl (C=O) groups excluding carboxylic acids is 2. The zero-order chi connectivity index (χ0) is 16.1. The van der Waals surface area contributed by atoms with Crippen molar-refractivity contribution in [2.45, 2.75) is 38.5 Å². The van der Waals surface area contributed by atoms with Crippen molar-refractivity contribution in [2.24, 2.45) is 0 Å². The number of ether oxygens (including phenoxy) is 2. The molecule has 0 aliphatic carbocycles. The molecule has 2 aliphatic rings. The van der Waals surface area contributed by atoms with E-state index in [2.05, 4.69) is 14.9 Å². The molecule has 2 saturated heterocycles. The number of nitrogens with zero attached hydrogens (tertiary/aromatic N) is 4. The van der Waals surface area contributed by atoms with Crippen molar-refractivity contribution in [3.8, 4) is 11.8 Å². The number of hydrogen-bond acceptors (Lipinski definition) is 7. The van der Waals surface area contributed by atoms with Crippen LogP contribution < -0.4 is 9.47 Å². The molecule has 0 bridgehead atoms. The molecule has 2 amide bonds. The second-order valence-corrected chi connectivity index (χ2v) is 5.71. The molecule has 0 N–H and O–H groups in total. The van der Waals surface area contributed by atoms with E-state index in [1.165, 1.54) is 0 Å². The van der Waals surface area contributed by atoms with E-state index in [0.717, 1.165) is 38.5 Å². The number of likely N-dealkylation sites (tertiary alicyclic amines) is 2. The van der Waals surface area contributed by atoms with E-state index in [1.54, 1.807) is 9.80 Å². The largest absolute Gasteiger partial charge is 0.416 e. The van der Waals surface area contributed by atoms with Gasteiger partial charge in [0.15, 0.2) is 0 Å². The van der Waals surface area contributed by atoms with E-state index < -0.39 is 12.2 Å². The van der Waals surface area contributed by atoms with Crippen molar-refractivity contribution in [2.75, 3.05) is 26.2 Å². The SMILES string of the molecule is O=C(Oc1nonc1OC(=O)N1CCCCC1)N1CCCCC1. The molecular formula is C14H20N4O5. The molecule has 23 heavy (non-hydrogen) atoms. The van der Waals surface area contributed by atoms with Crippen molar-refractivity contribution in [1.29, 1.82) is 0 Å². The summed E-state index contributed by atoms with van der Waals surface area (Å²) in [5.41, 5.74) is 0. The standard InChI is InChI=1S/C14H20N4O5/c19-13(17-7-3-1-4-8-17)21-11-12(16-23-15-11)22-14(20)18-9-5-2-6-10-18/h1-10H2. The molecule has 126 valence electrons. The first-order valence-electron chi connectivity index (χ1n) is 8.00. The van der Waals surface area contributed by atoms with E-state index in [1.807, 2.05) is 0 Å². The Labute approximate surface area is 133 Å². The van der Waals surface area contributed by atoms with Gasteiger partial charge in [-0.15, -0.1) is 0 Å². The molecule has 3 rings (SSSR count). The Bertz CT molecular complexity index is 503. The quantitative estimate of drug-likeness (QED) is 0.821. The highest BCUT2D eigenvalue weighted by Gasteiger charge is 2.26. The van der Waals surface area contributed by atoms with Crippen LogP contribution in [0.4, 0.5) is 9.59 Å². The lowest BCUT2D eigenvalue weighted by Crippen LogP contribution is -2.38. The topological polar surface area (TPSA) is 98.0 Å². The molecule has 0 aromatic carbocycles. The summed E-state index contributed by atoms with van der Waals surface area (Å²) in [7, 11) is 0. The zero-order valence-corrected chi connectivity index (χ0v) is 12.9. The Morgan fingerprint density at radius 1 is 0.739 bits per heavy atom. The van der Waals surface area contributed by atoms with Crippen LogP contribution >= 0.6 is 0 Å². The van der Waals surface area contributed by atoms with Crippen LogP contribution in [0, 0.1) is 0 Å². The van der Waals surface area contributed by atoms with Crippen molar-refractivity contribution in [3.05, 3.63) is 0 Å². The summed E-state index contributed by atoms with van der Waals surface area (Å²) in [5.74, 6) is -0.433. The summed E-state index contributed by atoms with van der Waals surface area (Å²) in [6, 6.07) is 0. The molecule has 1 aromatic heterocycles. The molecule has 0 unspecified atom stereocenters. The minimum absolute atomic E-state index is 0.217. The molecule has 0 atom stereocenters. The van der Waals surface area contributed by atoms with Gasteiger partial charge in [-0.05, 0) is 48.8 Å². The third-order valence-electron chi connectivity index (χ3n) is 4.03. The lowest BCUT2D eigenvalue weighted by atomic mass is 10.1. The van der Waals surface area contributed by atoms with Crippen LogP contribution in [0.5, 0.6) is 11.8 Å². The smallest absolute Gasteiger partial charge is 0.382 e. The maximum absolute atomic E-state index is 12.0. The van der Waals surface area contributed by atoms with E-state index in [9.17, 15) is 9.59 Å². The summed E-state index contributed by atoms with van der Waals surface area (Å²) in [6.45, 7) is 2.58. The van der Waals surface area contributed by atoms with Gasteiger partial charge in [-0.2, -0.15) is 0 Å². The van der Waals surface area contributed by atoms with Crippen LogP contribution in [-0.2, 0) is 0 Å². The highest BCUT2D eigenvalue weighted by Crippen LogP contribution is 2.24. The average molecular weight is 324 g/mol. The first kappa shape index (κ1) is 15.6. The number of aromatic nitrogens is 2. The molecule has 1 aromatic rings. The summed E-state index contributed by atoms with van der Waals surface area (Å²) >= 11 is 0. The Morgan fingerprint density at radius 2 is 1.13 bits per heavy atom. The summed E-state index contributed by atoms with van der Waals surface area (Å²) in [5, 5.41) is 7.00. The zero-order valence-electron chi connectivity index (χ0n) is 12.9. The van der Waals surface area contributed by atoms with Gasteiger partial charge >= 0.3 is 23.9 Å². The minimum atomic E-state index is -0.532. The van der Waals surface area contributed by atoms with Crippen molar-refractivity contribution < 1.29 is 23.7 Å². The fourth-order valence-electron chi connectivity index (χ4n) is 2.74. The van der Waals surface area contributed by atoms with Gasteiger partial charge in [0.25, 0.3) is 0 Å². The Balaban J connectivity index is 1.58. The van der Waals surface area contributed by atoms with Crippen LogP contribution in [0.15, 0.2) is 4.63 Å². The maximum Gasteiger partial charge on any atom is 0.416 e. The first-order chi connectivity index (χ1) is 11.2. The second kappa shape index (κ2) is 7.30. The average Bonchev–Trinajstić information content (AvgIpc) is 3.03. The van der Waals surface area contributed by atoms with Gasteiger partial charge in [0.2, 0.25) is 0 Å². The Morgan fingerprint density at radius 3 is 1.52 bits per heavy atom. The predicted molar refractivity (Wildman–Crippen MR) is 77.2 cm³/mol. The third-order valence-corrected chi connectivity index (χ3v) is 4.03. The number of piperidine rings is 2. The minimum Gasteiger partial charge on any atom is -0.382 e. The molecule has 2 aliphatic heterocycles. The monoisotopic (exact) mass is 324 g/mol. The van der Waals surface area contributed by atoms with Crippen LogP contribution in [0.3, 0.4) is 0 Å². The summed E-state index contributed by atoms with van der Waals surface area (Å²) < 4.78 is 14.8. The van der Waals surface area contributed by atoms with E-state index in [0.29, 0.717) is 26.2 Å². The number of hydrogen-bond donors (Lipinski definition) is 0. The normalized spacial score (nSPS) is 18.6. The highest BCUT2D eigenvalue weighted by molar-refractivity contribution is 5.73. The molecular weight excluding hydrogens is 304 g/mol. The van der Waals surface area contributed by atoms with Gasteiger partial charge in [0.1, 0.15) is 0 Å². The van der Waals surface area contributed by atoms with Crippen molar-refractivity contribution in [1.82, 2.24) is 20.1 Å². The third kappa shape index (κ3) is 3.91.